The first kappa shape index (κ1) is 20.4. The van der Waals surface area contributed by atoms with Gasteiger partial charge in [0.15, 0.2) is 17.5 Å². The summed E-state index contributed by atoms with van der Waals surface area (Å²) in [6.45, 7) is -1.98. The number of guanidine groups is 1. The molecule has 2 aromatic carbocycles. The van der Waals surface area contributed by atoms with Crippen LogP contribution >= 0.6 is 0 Å². The third kappa shape index (κ3) is 6.73. The summed E-state index contributed by atoms with van der Waals surface area (Å²) in [5.74, 6) is 0.508. The van der Waals surface area contributed by atoms with E-state index in [1.54, 1.807) is 25.2 Å². The van der Waals surface area contributed by atoms with Gasteiger partial charge in [0, 0.05) is 20.1 Å². The first-order chi connectivity index (χ1) is 13.0. The van der Waals surface area contributed by atoms with E-state index in [-0.39, 0.29) is 17.3 Å². The lowest BCUT2D eigenvalue weighted by molar-refractivity contribution is -0.0512. The van der Waals surface area contributed by atoms with Crippen LogP contribution in [0.1, 0.15) is 11.1 Å². The molecule has 0 bridgehead atoms. The largest absolute Gasteiger partial charge is 0.493 e. The fourth-order valence-corrected chi connectivity index (χ4v) is 2.44. The van der Waals surface area contributed by atoms with Crippen LogP contribution in [0.4, 0.5) is 13.2 Å². The van der Waals surface area contributed by atoms with Gasteiger partial charge in [0.25, 0.3) is 0 Å². The summed E-state index contributed by atoms with van der Waals surface area (Å²) in [5, 5.41) is 6.20. The Labute approximate surface area is 156 Å². The fourth-order valence-electron chi connectivity index (χ4n) is 2.44. The molecule has 0 amide bonds. The normalized spacial score (nSPS) is 11.4. The van der Waals surface area contributed by atoms with Crippen LogP contribution in [-0.2, 0) is 13.0 Å². The molecular weight excluding hydrogens is 359 g/mol. The Hall–Kier alpha value is -2.90. The van der Waals surface area contributed by atoms with Crippen molar-refractivity contribution in [3.05, 3.63) is 59.4 Å². The molecule has 2 rings (SSSR count). The predicted molar refractivity (Wildman–Crippen MR) is 97.9 cm³/mol. The van der Waals surface area contributed by atoms with E-state index >= 15 is 0 Å². The lowest BCUT2D eigenvalue weighted by Crippen LogP contribution is -2.37. The van der Waals surface area contributed by atoms with Crippen molar-refractivity contribution in [2.24, 2.45) is 4.99 Å². The van der Waals surface area contributed by atoms with E-state index in [0.29, 0.717) is 25.5 Å². The summed E-state index contributed by atoms with van der Waals surface area (Å²) >= 11 is 0. The van der Waals surface area contributed by atoms with E-state index in [2.05, 4.69) is 20.4 Å². The maximum Gasteiger partial charge on any atom is 0.387 e. The molecule has 0 aliphatic carbocycles. The van der Waals surface area contributed by atoms with Gasteiger partial charge in [-0.25, -0.2) is 4.39 Å². The van der Waals surface area contributed by atoms with Crippen molar-refractivity contribution in [1.29, 1.82) is 0 Å². The Morgan fingerprint density at radius 3 is 2.56 bits per heavy atom. The number of alkyl halides is 2. The van der Waals surface area contributed by atoms with Gasteiger partial charge in [0.05, 0.1) is 7.11 Å². The van der Waals surface area contributed by atoms with E-state index < -0.39 is 6.61 Å². The minimum Gasteiger partial charge on any atom is -0.493 e. The molecule has 0 aliphatic heterocycles. The van der Waals surface area contributed by atoms with Gasteiger partial charge in [-0.15, -0.1) is 0 Å². The van der Waals surface area contributed by atoms with Gasteiger partial charge in [-0.1, -0.05) is 18.2 Å². The Bertz CT molecular complexity index is 770. The smallest absolute Gasteiger partial charge is 0.387 e. The molecule has 0 saturated carbocycles. The van der Waals surface area contributed by atoms with E-state index in [4.69, 9.17) is 4.74 Å². The van der Waals surface area contributed by atoms with Gasteiger partial charge in [-0.2, -0.15) is 8.78 Å². The van der Waals surface area contributed by atoms with Crippen molar-refractivity contribution >= 4 is 5.96 Å². The van der Waals surface area contributed by atoms with Gasteiger partial charge in [0.2, 0.25) is 0 Å². The third-order valence-electron chi connectivity index (χ3n) is 3.72. The standard InChI is InChI=1S/C19H22F3N3O2/c1-23-19(25-12-14-4-3-5-15(20)10-14)24-9-8-13-6-7-16(26-2)17(11-13)27-18(21)22/h3-7,10-11,18H,8-9,12H2,1-2H3,(H2,23,24,25). The second kappa shape index (κ2) is 10.3. The third-order valence-corrected chi connectivity index (χ3v) is 3.72. The molecule has 2 aromatic rings. The van der Waals surface area contributed by atoms with Gasteiger partial charge >= 0.3 is 6.61 Å². The van der Waals surface area contributed by atoms with Crippen LogP contribution in [0.15, 0.2) is 47.5 Å². The Kier molecular flexibility index (Phi) is 7.79. The first-order valence-electron chi connectivity index (χ1n) is 8.32. The maximum atomic E-state index is 13.2. The Morgan fingerprint density at radius 1 is 1.07 bits per heavy atom. The lowest BCUT2D eigenvalue weighted by atomic mass is 10.1. The van der Waals surface area contributed by atoms with Crippen LogP contribution in [0.25, 0.3) is 0 Å². The van der Waals surface area contributed by atoms with Crippen LogP contribution in [0, 0.1) is 5.82 Å². The van der Waals surface area contributed by atoms with Crippen molar-refractivity contribution in [1.82, 2.24) is 10.6 Å². The summed E-state index contributed by atoms with van der Waals surface area (Å²) in [5.41, 5.74) is 1.60. The summed E-state index contributed by atoms with van der Waals surface area (Å²) < 4.78 is 47.6. The minimum atomic E-state index is -2.92. The van der Waals surface area contributed by atoms with Gasteiger partial charge in [-0.3, -0.25) is 4.99 Å². The van der Waals surface area contributed by atoms with Crippen LogP contribution in [-0.4, -0.2) is 33.3 Å². The minimum absolute atomic E-state index is 0.00129. The highest BCUT2D eigenvalue weighted by Gasteiger charge is 2.11. The molecule has 0 unspecified atom stereocenters. The second-order valence-electron chi connectivity index (χ2n) is 5.60. The Balaban J connectivity index is 1.86. The molecular formula is C19H22F3N3O2. The van der Waals surface area contributed by atoms with Gasteiger partial charge < -0.3 is 20.1 Å². The van der Waals surface area contributed by atoms with E-state index in [9.17, 15) is 13.2 Å². The van der Waals surface area contributed by atoms with E-state index in [1.807, 2.05) is 6.07 Å². The number of benzene rings is 2. The average Bonchev–Trinajstić information content (AvgIpc) is 2.64. The monoisotopic (exact) mass is 381 g/mol. The zero-order valence-corrected chi connectivity index (χ0v) is 15.1. The summed E-state index contributed by atoms with van der Waals surface area (Å²) in [4.78, 5) is 4.10. The number of nitrogens with one attached hydrogen (secondary N) is 2. The number of rotatable bonds is 8. The molecule has 0 atom stereocenters. The molecule has 0 fully saturated rings. The van der Waals surface area contributed by atoms with E-state index in [1.165, 1.54) is 25.3 Å². The molecule has 0 aliphatic rings. The van der Waals surface area contributed by atoms with Crippen molar-refractivity contribution < 1.29 is 22.6 Å². The zero-order chi connectivity index (χ0) is 19.6. The highest BCUT2D eigenvalue weighted by Crippen LogP contribution is 2.29. The lowest BCUT2D eigenvalue weighted by Gasteiger charge is -2.14. The maximum absolute atomic E-state index is 13.2. The van der Waals surface area contributed by atoms with Gasteiger partial charge in [-0.05, 0) is 41.8 Å². The summed E-state index contributed by atoms with van der Waals surface area (Å²) in [7, 11) is 3.02. The number of nitrogens with zero attached hydrogens (tertiary/aromatic N) is 1. The summed E-state index contributed by atoms with van der Waals surface area (Å²) in [6, 6.07) is 11.2. The predicted octanol–water partition coefficient (Wildman–Crippen LogP) is 3.34. The fraction of sp³-hybridized carbons (Fsp3) is 0.316. The van der Waals surface area contributed by atoms with Crippen LogP contribution in [0.5, 0.6) is 11.5 Å². The first-order valence-corrected chi connectivity index (χ1v) is 8.32. The molecule has 2 N–H and O–H groups in total. The molecule has 0 spiro atoms. The highest BCUT2D eigenvalue weighted by atomic mass is 19.3. The topological polar surface area (TPSA) is 54.9 Å². The molecule has 8 heteroatoms. The van der Waals surface area contributed by atoms with Crippen molar-refractivity contribution in [3.8, 4) is 11.5 Å². The number of aliphatic imine (C=N–C) groups is 1. The number of methoxy groups -OCH3 is 1. The molecule has 5 nitrogen and oxygen atoms in total. The van der Waals surface area contributed by atoms with Crippen molar-refractivity contribution in [2.45, 2.75) is 19.6 Å². The summed E-state index contributed by atoms with van der Waals surface area (Å²) in [6.07, 6.45) is 0.560. The molecule has 0 saturated heterocycles. The quantitative estimate of drug-likeness (QED) is 0.544. The SMILES string of the molecule is CN=C(NCCc1ccc(OC)c(OC(F)F)c1)NCc1cccc(F)c1. The van der Waals surface area contributed by atoms with Crippen LogP contribution in [0.2, 0.25) is 0 Å². The van der Waals surface area contributed by atoms with Crippen LogP contribution < -0.4 is 20.1 Å². The zero-order valence-electron chi connectivity index (χ0n) is 15.1. The van der Waals surface area contributed by atoms with Crippen molar-refractivity contribution in [3.63, 3.8) is 0 Å². The average molecular weight is 381 g/mol. The number of hydrogen-bond acceptors (Lipinski definition) is 3. The van der Waals surface area contributed by atoms with E-state index in [0.717, 1.165) is 11.1 Å². The number of ether oxygens (including phenoxy) is 2. The van der Waals surface area contributed by atoms with Gasteiger partial charge in [0.1, 0.15) is 5.82 Å². The molecule has 27 heavy (non-hydrogen) atoms. The van der Waals surface area contributed by atoms with Crippen molar-refractivity contribution in [2.75, 3.05) is 20.7 Å². The highest BCUT2D eigenvalue weighted by molar-refractivity contribution is 5.79. The Morgan fingerprint density at radius 2 is 1.89 bits per heavy atom. The molecule has 146 valence electrons. The second-order valence-corrected chi connectivity index (χ2v) is 5.60. The molecule has 0 heterocycles. The molecule has 0 radical (unpaired) electrons. The number of halogens is 3. The molecule has 0 aromatic heterocycles. The number of hydrogen-bond donors (Lipinski definition) is 2. The van der Waals surface area contributed by atoms with Crippen LogP contribution in [0.3, 0.4) is 0 Å².